The lowest BCUT2D eigenvalue weighted by Gasteiger charge is -2.33. The van der Waals surface area contributed by atoms with Crippen molar-refractivity contribution in [3.8, 4) is 0 Å². The summed E-state index contributed by atoms with van der Waals surface area (Å²) in [5.74, 6) is 0. The van der Waals surface area contributed by atoms with E-state index in [-0.39, 0.29) is 6.04 Å². The van der Waals surface area contributed by atoms with Crippen LogP contribution in [0.5, 0.6) is 0 Å². The molecule has 0 unspecified atom stereocenters. The third-order valence-corrected chi connectivity index (χ3v) is 5.74. The van der Waals surface area contributed by atoms with E-state index < -0.39 is 10.0 Å². The van der Waals surface area contributed by atoms with Gasteiger partial charge in [0.1, 0.15) is 0 Å². The van der Waals surface area contributed by atoms with E-state index in [2.05, 4.69) is 0 Å². The van der Waals surface area contributed by atoms with Crippen molar-refractivity contribution in [3.63, 3.8) is 0 Å². The second kappa shape index (κ2) is 6.53. The van der Waals surface area contributed by atoms with Gasteiger partial charge in [-0.2, -0.15) is 4.31 Å². The van der Waals surface area contributed by atoms with E-state index in [1.807, 2.05) is 13.0 Å². The van der Waals surface area contributed by atoms with Gasteiger partial charge >= 0.3 is 0 Å². The lowest BCUT2D eigenvalue weighted by Crippen LogP contribution is -2.41. The van der Waals surface area contributed by atoms with Crippen molar-refractivity contribution < 1.29 is 8.42 Å². The first-order chi connectivity index (χ1) is 9.16. The number of benzene rings is 1. The van der Waals surface area contributed by atoms with E-state index in [1.165, 1.54) is 6.42 Å². The molecule has 0 aliphatic heterocycles. The predicted octanol–water partition coefficient (Wildman–Crippen LogP) is 3.42. The molecule has 4 heteroatoms. The summed E-state index contributed by atoms with van der Waals surface area (Å²) in [5, 5.41) is 0. The van der Waals surface area contributed by atoms with Crippen molar-refractivity contribution in [2.24, 2.45) is 0 Å². The minimum absolute atomic E-state index is 0.193. The Morgan fingerprint density at radius 3 is 2.32 bits per heavy atom. The van der Waals surface area contributed by atoms with Crippen LogP contribution in [-0.2, 0) is 10.0 Å². The maximum absolute atomic E-state index is 12.7. The van der Waals surface area contributed by atoms with Crippen LogP contribution in [0.25, 0.3) is 0 Å². The first-order valence-electron chi connectivity index (χ1n) is 7.23. The quantitative estimate of drug-likeness (QED) is 0.829. The SMILES string of the molecule is CCCN(C1CCCCC1)S(=O)(=O)c1ccccc1. The van der Waals surface area contributed by atoms with E-state index >= 15 is 0 Å². The van der Waals surface area contributed by atoms with Crippen LogP contribution < -0.4 is 0 Å². The van der Waals surface area contributed by atoms with Gasteiger partial charge in [0, 0.05) is 12.6 Å². The van der Waals surface area contributed by atoms with Crippen LogP contribution in [0.4, 0.5) is 0 Å². The third-order valence-electron chi connectivity index (χ3n) is 3.78. The minimum atomic E-state index is -3.33. The highest BCUT2D eigenvalue weighted by Gasteiger charge is 2.31. The summed E-state index contributed by atoms with van der Waals surface area (Å²) in [6.07, 6.45) is 6.41. The summed E-state index contributed by atoms with van der Waals surface area (Å²) in [5.41, 5.74) is 0. The molecule has 2 rings (SSSR count). The first-order valence-corrected chi connectivity index (χ1v) is 8.67. The van der Waals surface area contributed by atoms with Crippen LogP contribution in [0.15, 0.2) is 35.2 Å². The highest BCUT2D eigenvalue weighted by Crippen LogP contribution is 2.27. The van der Waals surface area contributed by atoms with Gasteiger partial charge in [-0.25, -0.2) is 8.42 Å². The molecule has 0 bridgehead atoms. The van der Waals surface area contributed by atoms with Gasteiger partial charge in [0.15, 0.2) is 0 Å². The highest BCUT2D eigenvalue weighted by atomic mass is 32.2. The smallest absolute Gasteiger partial charge is 0.207 e. The lowest BCUT2D eigenvalue weighted by atomic mass is 9.95. The Bertz CT molecular complexity index is 478. The van der Waals surface area contributed by atoms with E-state index in [4.69, 9.17) is 0 Å². The van der Waals surface area contributed by atoms with Crippen molar-refractivity contribution in [1.82, 2.24) is 4.31 Å². The first kappa shape index (κ1) is 14.5. The summed E-state index contributed by atoms with van der Waals surface area (Å²) >= 11 is 0. The molecule has 0 aromatic heterocycles. The Labute approximate surface area is 116 Å². The molecule has 19 heavy (non-hydrogen) atoms. The number of sulfonamides is 1. The Morgan fingerprint density at radius 1 is 1.11 bits per heavy atom. The fourth-order valence-electron chi connectivity index (χ4n) is 2.82. The largest absolute Gasteiger partial charge is 0.243 e. The van der Waals surface area contributed by atoms with Crippen LogP contribution >= 0.6 is 0 Å². The van der Waals surface area contributed by atoms with Crippen LogP contribution in [0.2, 0.25) is 0 Å². The topological polar surface area (TPSA) is 37.4 Å². The van der Waals surface area contributed by atoms with Gasteiger partial charge in [0.05, 0.1) is 4.90 Å². The maximum atomic E-state index is 12.7. The fraction of sp³-hybridized carbons (Fsp3) is 0.600. The van der Waals surface area contributed by atoms with Gasteiger partial charge in [-0.1, -0.05) is 44.4 Å². The average molecular weight is 281 g/mol. The summed E-state index contributed by atoms with van der Waals surface area (Å²) in [6.45, 7) is 2.66. The summed E-state index contributed by atoms with van der Waals surface area (Å²) < 4.78 is 27.2. The third kappa shape index (κ3) is 3.37. The number of hydrogen-bond acceptors (Lipinski definition) is 2. The van der Waals surface area contributed by atoms with E-state index in [9.17, 15) is 8.42 Å². The molecule has 1 saturated carbocycles. The Balaban J connectivity index is 2.27. The van der Waals surface area contributed by atoms with E-state index in [0.29, 0.717) is 11.4 Å². The fourth-order valence-corrected chi connectivity index (χ4v) is 4.61. The zero-order chi connectivity index (χ0) is 13.7. The van der Waals surface area contributed by atoms with Gasteiger partial charge in [-0.05, 0) is 31.4 Å². The van der Waals surface area contributed by atoms with Crippen molar-refractivity contribution in [1.29, 1.82) is 0 Å². The van der Waals surface area contributed by atoms with Crippen molar-refractivity contribution >= 4 is 10.0 Å². The molecular formula is C15H23NO2S. The molecule has 0 amide bonds. The Hall–Kier alpha value is -0.870. The predicted molar refractivity (Wildman–Crippen MR) is 77.5 cm³/mol. The highest BCUT2D eigenvalue weighted by molar-refractivity contribution is 7.89. The molecular weight excluding hydrogens is 258 g/mol. The molecule has 3 nitrogen and oxygen atoms in total. The second-order valence-corrected chi connectivity index (χ2v) is 7.11. The van der Waals surface area contributed by atoms with Gasteiger partial charge in [0.25, 0.3) is 0 Å². The lowest BCUT2D eigenvalue weighted by molar-refractivity contribution is 0.253. The van der Waals surface area contributed by atoms with Gasteiger partial charge < -0.3 is 0 Å². The Morgan fingerprint density at radius 2 is 1.74 bits per heavy atom. The van der Waals surface area contributed by atoms with Gasteiger partial charge in [-0.15, -0.1) is 0 Å². The zero-order valence-corrected chi connectivity index (χ0v) is 12.4. The summed E-state index contributed by atoms with van der Waals surface area (Å²) in [7, 11) is -3.33. The van der Waals surface area contributed by atoms with Crippen molar-refractivity contribution in [3.05, 3.63) is 30.3 Å². The molecule has 0 radical (unpaired) electrons. The summed E-state index contributed by atoms with van der Waals surface area (Å²) in [6, 6.07) is 9.01. The molecule has 1 aliphatic carbocycles. The number of rotatable bonds is 5. The van der Waals surface area contributed by atoms with E-state index in [0.717, 1.165) is 32.1 Å². The molecule has 0 N–H and O–H groups in total. The molecule has 1 aliphatic rings. The van der Waals surface area contributed by atoms with Crippen LogP contribution in [0.3, 0.4) is 0 Å². The monoisotopic (exact) mass is 281 g/mol. The van der Waals surface area contributed by atoms with Gasteiger partial charge in [-0.3, -0.25) is 0 Å². The maximum Gasteiger partial charge on any atom is 0.243 e. The molecule has 0 saturated heterocycles. The molecule has 1 aromatic carbocycles. The molecule has 1 fully saturated rings. The molecule has 1 aromatic rings. The van der Waals surface area contributed by atoms with Crippen molar-refractivity contribution in [2.45, 2.75) is 56.4 Å². The zero-order valence-electron chi connectivity index (χ0n) is 11.6. The molecule has 0 atom stereocenters. The molecule has 0 spiro atoms. The van der Waals surface area contributed by atoms with Crippen molar-refractivity contribution in [2.75, 3.05) is 6.54 Å². The second-order valence-electron chi connectivity index (χ2n) is 5.22. The van der Waals surface area contributed by atoms with Crippen LogP contribution in [0, 0.1) is 0 Å². The minimum Gasteiger partial charge on any atom is -0.207 e. The van der Waals surface area contributed by atoms with E-state index in [1.54, 1.807) is 28.6 Å². The average Bonchev–Trinajstić information content (AvgIpc) is 2.46. The van der Waals surface area contributed by atoms with Crippen LogP contribution in [0.1, 0.15) is 45.4 Å². The molecule has 106 valence electrons. The standard InChI is InChI=1S/C15H23NO2S/c1-2-13-16(14-9-5-3-6-10-14)19(17,18)15-11-7-4-8-12-15/h4,7-8,11-12,14H,2-3,5-6,9-10,13H2,1H3. The number of hydrogen-bond donors (Lipinski definition) is 0. The van der Waals surface area contributed by atoms with Crippen LogP contribution in [-0.4, -0.2) is 25.3 Å². The Kier molecular flexibility index (Phi) is 4.99. The summed E-state index contributed by atoms with van der Waals surface area (Å²) in [4.78, 5) is 0.425. The van der Waals surface area contributed by atoms with Gasteiger partial charge in [0.2, 0.25) is 10.0 Å². The number of nitrogens with zero attached hydrogens (tertiary/aromatic N) is 1. The normalized spacial score (nSPS) is 17.8. The molecule has 0 heterocycles.